The lowest BCUT2D eigenvalue weighted by molar-refractivity contribution is -0.120. The van der Waals surface area contributed by atoms with Crippen LogP contribution in [0.3, 0.4) is 0 Å². The second-order valence-electron chi connectivity index (χ2n) is 8.19. The molecular formula is C17H27N3O3. The fourth-order valence-electron chi connectivity index (χ4n) is 5.22. The summed E-state index contributed by atoms with van der Waals surface area (Å²) >= 11 is 0. The molecule has 0 aromatic carbocycles. The van der Waals surface area contributed by atoms with Gasteiger partial charge in [-0.05, 0) is 56.0 Å². The van der Waals surface area contributed by atoms with Crippen LogP contribution in [0.2, 0.25) is 0 Å². The highest BCUT2D eigenvalue weighted by Crippen LogP contribution is 2.51. The summed E-state index contributed by atoms with van der Waals surface area (Å²) in [6.45, 7) is 4.83. The first kappa shape index (κ1) is 15.2. The van der Waals surface area contributed by atoms with Gasteiger partial charge in [0.25, 0.3) is 0 Å². The maximum absolute atomic E-state index is 11.7. The predicted octanol–water partition coefficient (Wildman–Crippen LogP) is 1.21. The zero-order valence-corrected chi connectivity index (χ0v) is 14.0. The summed E-state index contributed by atoms with van der Waals surface area (Å²) < 4.78 is 4.84. The molecule has 0 unspecified atom stereocenters. The summed E-state index contributed by atoms with van der Waals surface area (Å²) in [6.07, 6.45) is 6.38. The Morgan fingerprint density at radius 2 is 1.87 bits per heavy atom. The predicted molar refractivity (Wildman–Crippen MR) is 84.9 cm³/mol. The Morgan fingerprint density at radius 3 is 2.48 bits per heavy atom. The van der Waals surface area contributed by atoms with Crippen LogP contribution in [0.5, 0.6) is 0 Å². The van der Waals surface area contributed by atoms with E-state index in [0.29, 0.717) is 11.5 Å². The molecule has 3 heterocycles. The first-order valence-corrected chi connectivity index (χ1v) is 8.87. The lowest BCUT2D eigenvalue weighted by Gasteiger charge is -2.52. The van der Waals surface area contributed by atoms with E-state index in [4.69, 9.17) is 4.74 Å². The lowest BCUT2D eigenvalue weighted by atomic mass is 9.63. The van der Waals surface area contributed by atoms with Crippen molar-refractivity contribution in [2.75, 3.05) is 39.8 Å². The molecule has 1 N–H and O–H groups in total. The molecule has 2 amide bonds. The highest BCUT2D eigenvalue weighted by atomic mass is 16.5. The van der Waals surface area contributed by atoms with Gasteiger partial charge in [0.15, 0.2) is 0 Å². The van der Waals surface area contributed by atoms with Crippen LogP contribution in [-0.4, -0.2) is 67.7 Å². The third kappa shape index (κ3) is 2.61. The molecule has 0 aromatic rings. The fraction of sp³-hybridized carbons (Fsp3) is 0.882. The Morgan fingerprint density at radius 1 is 1.17 bits per heavy atom. The van der Waals surface area contributed by atoms with Gasteiger partial charge in [-0.25, -0.2) is 4.79 Å². The topological polar surface area (TPSA) is 61.9 Å². The van der Waals surface area contributed by atoms with Crippen molar-refractivity contribution < 1.29 is 14.3 Å². The van der Waals surface area contributed by atoms with Crippen molar-refractivity contribution in [3.63, 3.8) is 0 Å². The van der Waals surface area contributed by atoms with E-state index >= 15 is 0 Å². The number of likely N-dealkylation sites (tertiary alicyclic amines) is 2. The molecule has 23 heavy (non-hydrogen) atoms. The number of nitrogens with zero attached hydrogens (tertiary/aromatic N) is 2. The summed E-state index contributed by atoms with van der Waals surface area (Å²) in [6, 6.07) is 0.676. The summed E-state index contributed by atoms with van der Waals surface area (Å²) in [7, 11) is 1.46. The van der Waals surface area contributed by atoms with Crippen molar-refractivity contribution in [1.82, 2.24) is 15.1 Å². The van der Waals surface area contributed by atoms with Gasteiger partial charge >= 0.3 is 6.09 Å². The maximum Gasteiger partial charge on any atom is 0.409 e. The number of carbonyl (C=O) groups is 2. The molecular weight excluding hydrogens is 294 g/mol. The molecule has 0 atom stereocenters. The molecule has 1 aliphatic carbocycles. The minimum atomic E-state index is -0.177. The van der Waals surface area contributed by atoms with Crippen LogP contribution in [0, 0.1) is 10.8 Å². The van der Waals surface area contributed by atoms with E-state index in [1.807, 2.05) is 4.90 Å². The molecule has 0 bridgehead atoms. The molecule has 3 saturated heterocycles. The molecule has 3 aliphatic heterocycles. The second-order valence-corrected chi connectivity index (χ2v) is 8.19. The smallest absolute Gasteiger partial charge is 0.409 e. The van der Waals surface area contributed by atoms with Crippen LogP contribution in [0.15, 0.2) is 0 Å². The van der Waals surface area contributed by atoms with E-state index in [2.05, 4.69) is 10.2 Å². The number of hydrogen-bond acceptors (Lipinski definition) is 4. The molecule has 0 radical (unpaired) electrons. The van der Waals surface area contributed by atoms with Gasteiger partial charge in [0.2, 0.25) is 5.91 Å². The van der Waals surface area contributed by atoms with Crippen molar-refractivity contribution in [1.29, 1.82) is 0 Å². The van der Waals surface area contributed by atoms with Crippen LogP contribution in [0.1, 0.15) is 38.5 Å². The zero-order chi connectivity index (χ0) is 16.1. The van der Waals surface area contributed by atoms with E-state index in [-0.39, 0.29) is 17.4 Å². The molecule has 4 rings (SSSR count). The van der Waals surface area contributed by atoms with Crippen LogP contribution >= 0.6 is 0 Å². The standard InChI is InChI=1S/C17H27N3O3/c1-23-15(22)20-7-4-17(12-20)8-13(9-17)19-5-2-16(3-6-19)10-14(21)18-11-16/h13H,2-12H2,1H3,(H,18,21). The third-order valence-electron chi connectivity index (χ3n) is 6.78. The number of amides is 2. The van der Waals surface area contributed by atoms with Crippen LogP contribution < -0.4 is 5.32 Å². The molecule has 6 nitrogen and oxygen atoms in total. The number of rotatable bonds is 1. The summed E-state index contributed by atoms with van der Waals surface area (Å²) in [5, 5.41) is 3.01. The average molecular weight is 321 g/mol. The van der Waals surface area contributed by atoms with Crippen LogP contribution in [0.25, 0.3) is 0 Å². The lowest BCUT2D eigenvalue weighted by Crippen LogP contribution is -2.55. The van der Waals surface area contributed by atoms with Gasteiger partial charge in [-0.15, -0.1) is 0 Å². The molecule has 1 saturated carbocycles. The average Bonchev–Trinajstić information content (AvgIpc) is 3.11. The molecule has 4 aliphatic rings. The van der Waals surface area contributed by atoms with Gasteiger partial charge in [0.05, 0.1) is 7.11 Å². The molecule has 6 heteroatoms. The summed E-state index contributed by atoms with van der Waals surface area (Å²) in [5.41, 5.74) is 0.586. The highest BCUT2D eigenvalue weighted by molar-refractivity contribution is 5.79. The second kappa shape index (κ2) is 5.36. The Hall–Kier alpha value is -1.30. The Kier molecular flexibility index (Phi) is 3.55. The van der Waals surface area contributed by atoms with E-state index < -0.39 is 0 Å². The number of piperidine rings is 1. The SMILES string of the molecule is COC(=O)N1CCC2(CC(N3CCC4(CC3)CNC(=O)C4)C2)C1. The van der Waals surface area contributed by atoms with Crippen molar-refractivity contribution in [2.45, 2.75) is 44.6 Å². The van der Waals surface area contributed by atoms with Crippen molar-refractivity contribution in [2.24, 2.45) is 10.8 Å². The first-order valence-electron chi connectivity index (χ1n) is 8.87. The third-order valence-corrected chi connectivity index (χ3v) is 6.78. The van der Waals surface area contributed by atoms with Crippen molar-refractivity contribution in [3.8, 4) is 0 Å². The van der Waals surface area contributed by atoms with Crippen LogP contribution in [-0.2, 0) is 9.53 Å². The highest BCUT2D eigenvalue weighted by Gasteiger charge is 2.52. The first-order chi connectivity index (χ1) is 11.0. The maximum atomic E-state index is 11.7. The van der Waals surface area contributed by atoms with Gasteiger partial charge in [-0.3, -0.25) is 4.79 Å². The number of hydrogen-bond donors (Lipinski definition) is 1. The monoisotopic (exact) mass is 321 g/mol. The van der Waals surface area contributed by atoms with E-state index in [1.54, 1.807) is 0 Å². The van der Waals surface area contributed by atoms with Gasteiger partial charge in [-0.2, -0.15) is 0 Å². The Labute approximate surface area is 137 Å². The van der Waals surface area contributed by atoms with Gasteiger partial charge < -0.3 is 19.9 Å². The molecule has 128 valence electrons. The Bertz CT molecular complexity index is 507. The Balaban J connectivity index is 1.27. The zero-order valence-electron chi connectivity index (χ0n) is 14.0. The molecule has 2 spiro atoms. The molecule has 4 fully saturated rings. The quantitative estimate of drug-likeness (QED) is 0.788. The largest absolute Gasteiger partial charge is 0.453 e. The minimum absolute atomic E-state index is 0.177. The van der Waals surface area contributed by atoms with Crippen molar-refractivity contribution >= 4 is 12.0 Å². The van der Waals surface area contributed by atoms with E-state index in [0.717, 1.165) is 58.4 Å². The normalized spacial score (nSPS) is 36.3. The van der Waals surface area contributed by atoms with E-state index in [9.17, 15) is 9.59 Å². The van der Waals surface area contributed by atoms with Gasteiger partial charge in [0.1, 0.15) is 0 Å². The van der Waals surface area contributed by atoms with Gasteiger partial charge in [0, 0.05) is 32.1 Å². The number of nitrogens with one attached hydrogen (secondary N) is 1. The van der Waals surface area contributed by atoms with Crippen LogP contribution in [0.4, 0.5) is 4.79 Å². The summed E-state index contributed by atoms with van der Waals surface area (Å²) in [4.78, 5) is 27.7. The van der Waals surface area contributed by atoms with Gasteiger partial charge in [-0.1, -0.05) is 0 Å². The van der Waals surface area contributed by atoms with Crippen molar-refractivity contribution in [3.05, 3.63) is 0 Å². The number of methoxy groups -OCH3 is 1. The van der Waals surface area contributed by atoms with E-state index in [1.165, 1.54) is 20.0 Å². The number of ether oxygens (including phenoxy) is 1. The summed E-state index contributed by atoms with van der Waals surface area (Å²) in [5.74, 6) is 0.231. The fourth-order valence-corrected chi connectivity index (χ4v) is 5.22. The number of carbonyl (C=O) groups excluding carboxylic acids is 2. The molecule has 0 aromatic heterocycles. The minimum Gasteiger partial charge on any atom is -0.453 e.